The van der Waals surface area contributed by atoms with Crippen LogP contribution in [0.4, 0.5) is 5.69 Å². The fourth-order valence-electron chi connectivity index (χ4n) is 3.33. The van der Waals surface area contributed by atoms with Crippen molar-refractivity contribution in [1.29, 1.82) is 0 Å². The van der Waals surface area contributed by atoms with Crippen molar-refractivity contribution in [3.8, 4) is 11.5 Å². The summed E-state index contributed by atoms with van der Waals surface area (Å²) in [5, 5.41) is 6.97. The van der Waals surface area contributed by atoms with E-state index in [1.165, 1.54) is 43.7 Å². The molecule has 0 spiro atoms. The van der Waals surface area contributed by atoms with Gasteiger partial charge in [-0.1, -0.05) is 17.7 Å². The molecule has 39 heavy (non-hydrogen) atoms. The lowest BCUT2D eigenvalue weighted by atomic mass is 10.2. The van der Waals surface area contributed by atoms with Crippen LogP contribution in [0.3, 0.4) is 0 Å². The molecule has 0 unspecified atom stereocenters. The summed E-state index contributed by atoms with van der Waals surface area (Å²) in [7, 11) is -2.65. The zero-order valence-corrected chi connectivity index (χ0v) is 23.2. The molecule has 0 aliphatic rings. The number of ether oxygens (including phenoxy) is 2. The smallest absolute Gasteiger partial charge is 0.264 e. The van der Waals surface area contributed by atoms with E-state index < -0.39 is 22.5 Å². The highest BCUT2D eigenvalue weighted by atomic mass is 35.5. The SMILES string of the molecule is COc1ccc(S(=O)(=O)N(CC(=O)N/N=C\c2ccc(OCC(=O)NC(C)C)cc2)c2cccc(Cl)c2)cc1. The average molecular weight is 573 g/mol. The van der Waals surface area contributed by atoms with Gasteiger partial charge >= 0.3 is 0 Å². The Hall–Kier alpha value is -4.09. The predicted octanol–water partition coefficient (Wildman–Crippen LogP) is 3.60. The molecule has 0 radical (unpaired) electrons. The molecule has 0 heterocycles. The zero-order chi connectivity index (χ0) is 28.4. The summed E-state index contributed by atoms with van der Waals surface area (Å²) < 4.78 is 38.4. The first-order valence-electron chi connectivity index (χ1n) is 11.8. The van der Waals surface area contributed by atoms with Crippen LogP contribution in [-0.2, 0) is 19.6 Å². The largest absolute Gasteiger partial charge is 0.497 e. The molecule has 206 valence electrons. The molecule has 2 amide bonds. The van der Waals surface area contributed by atoms with Gasteiger partial charge in [0.15, 0.2) is 6.61 Å². The normalized spacial score (nSPS) is 11.3. The highest BCUT2D eigenvalue weighted by Crippen LogP contribution is 2.27. The third-order valence-electron chi connectivity index (χ3n) is 5.13. The number of hydrazone groups is 1. The highest BCUT2D eigenvalue weighted by Gasteiger charge is 2.27. The summed E-state index contributed by atoms with van der Waals surface area (Å²) in [4.78, 5) is 24.4. The van der Waals surface area contributed by atoms with Crippen molar-refractivity contribution in [2.75, 3.05) is 24.6 Å². The van der Waals surface area contributed by atoms with E-state index in [2.05, 4.69) is 15.8 Å². The first-order valence-corrected chi connectivity index (χ1v) is 13.7. The Morgan fingerprint density at radius 3 is 2.28 bits per heavy atom. The van der Waals surface area contributed by atoms with Gasteiger partial charge in [0.2, 0.25) is 0 Å². The van der Waals surface area contributed by atoms with Gasteiger partial charge in [0, 0.05) is 11.1 Å². The Bertz CT molecular complexity index is 1410. The van der Waals surface area contributed by atoms with Crippen LogP contribution in [0.15, 0.2) is 82.8 Å². The van der Waals surface area contributed by atoms with E-state index in [1.54, 1.807) is 42.5 Å². The quantitative estimate of drug-likeness (QED) is 0.252. The molecule has 3 aromatic rings. The molecular formula is C27H29ClN4O6S. The minimum atomic E-state index is -4.13. The second kappa shape index (κ2) is 13.6. The van der Waals surface area contributed by atoms with E-state index in [0.717, 1.165) is 4.31 Å². The zero-order valence-electron chi connectivity index (χ0n) is 21.6. The van der Waals surface area contributed by atoms with Gasteiger partial charge in [-0.05, 0) is 86.1 Å². The van der Waals surface area contributed by atoms with Crippen LogP contribution in [0.5, 0.6) is 11.5 Å². The van der Waals surface area contributed by atoms with Gasteiger partial charge in [0.25, 0.3) is 21.8 Å². The molecule has 2 N–H and O–H groups in total. The van der Waals surface area contributed by atoms with Crippen molar-refractivity contribution in [1.82, 2.24) is 10.7 Å². The van der Waals surface area contributed by atoms with E-state index in [0.29, 0.717) is 22.1 Å². The Balaban J connectivity index is 1.67. The van der Waals surface area contributed by atoms with Gasteiger partial charge in [0.1, 0.15) is 18.0 Å². The molecule has 12 heteroatoms. The topological polar surface area (TPSA) is 126 Å². The Kier molecular flexibility index (Phi) is 10.3. The van der Waals surface area contributed by atoms with Gasteiger partial charge in [0.05, 0.1) is 23.9 Å². The van der Waals surface area contributed by atoms with Crippen molar-refractivity contribution in [2.45, 2.75) is 24.8 Å². The standard InChI is InChI=1S/C27H29ClN4O6S/c1-19(2)30-27(34)18-38-24-9-7-20(8-10-24)16-29-31-26(33)17-32(22-6-4-5-21(28)15-22)39(35,36)25-13-11-23(37-3)12-14-25/h4-16,19H,17-18H2,1-3H3,(H,30,34)(H,31,33)/b29-16-. The lowest BCUT2D eigenvalue weighted by Crippen LogP contribution is -2.39. The molecule has 3 rings (SSSR count). The lowest BCUT2D eigenvalue weighted by Gasteiger charge is -2.24. The number of carbonyl (C=O) groups is 2. The Morgan fingerprint density at radius 1 is 1.00 bits per heavy atom. The third kappa shape index (κ3) is 8.72. The summed E-state index contributed by atoms with van der Waals surface area (Å²) >= 11 is 6.09. The average Bonchev–Trinajstić information content (AvgIpc) is 2.91. The van der Waals surface area contributed by atoms with Gasteiger partial charge in [-0.25, -0.2) is 13.8 Å². The van der Waals surface area contributed by atoms with Gasteiger partial charge in [-0.3, -0.25) is 13.9 Å². The number of nitrogens with zero attached hydrogens (tertiary/aromatic N) is 2. The molecular weight excluding hydrogens is 544 g/mol. The molecule has 0 atom stereocenters. The number of methoxy groups -OCH3 is 1. The Morgan fingerprint density at radius 2 is 1.67 bits per heavy atom. The van der Waals surface area contributed by atoms with Crippen molar-refractivity contribution in [3.05, 3.63) is 83.4 Å². The fourth-order valence-corrected chi connectivity index (χ4v) is 4.93. The molecule has 0 saturated carbocycles. The number of anilines is 1. The van der Waals surface area contributed by atoms with E-state index in [9.17, 15) is 18.0 Å². The third-order valence-corrected chi connectivity index (χ3v) is 7.16. The van der Waals surface area contributed by atoms with Gasteiger partial charge in [-0.15, -0.1) is 0 Å². The fraction of sp³-hybridized carbons (Fsp3) is 0.222. The molecule has 10 nitrogen and oxygen atoms in total. The summed E-state index contributed by atoms with van der Waals surface area (Å²) in [6, 6.07) is 18.7. The summed E-state index contributed by atoms with van der Waals surface area (Å²) in [5.74, 6) is 0.0983. The minimum Gasteiger partial charge on any atom is -0.497 e. The van der Waals surface area contributed by atoms with Crippen LogP contribution in [0, 0.1) is 0 Å². The molecule has 0 aliphatic carbocycles. The van der Waals surface area contributed by atoms with Crippen LogP contribution in [0.25, 0.3) is 0 Å². The maximum atomic E-state index is 13.4. The van der Waals surface area contributed by atoms with Crippen molar-refractivity contribution in [3.63, 3.8) is 0 Å². The summed E-state index contributed by atoms with van der Waals surface area (Å²) in [6.07, 6.45) is 1.40. The number of halogens is 1. The maximum Gasteiger partial charge on any atom is 0.264 e. The van der Waals surface area contributed by atoms with Crippen molar-refractivity contribution < 1.29 is 27.5 Å². The van der Waals surface area contributed by atoms with E-state index >= 15 is 0 Å². The first kappa shape index (κ1) is 29.5. The monoisotopic (exact) mass is 572 g/mol. The van der Waals surface area contributed by atoms with Crippen molar-refractivity contribution >= 4 is 45.3 Å². The number of nitrogens with one attached hydrogen (secondary N) is 2. The molecule has 0 fully saturated rings. The van der Waals surface area contributed by atoms with Crippen LogP contribution in [-0.4, -0.2) is 52.8 Å². The van der Waals surface area contributed by atoms with Crippen LogP contribution in [0.2, 0.25) is 5.02 Å². The highest BCUT2D eigenvalue weighted by molar-refractivity contribution is 7.92. The van der Waals surface area contributed by atoms with Crippen LogP contribution >= 0.6 is 11.6 Å². The number of rotatable bonds is 12. The van der Waals surface area contributed by atoms with Crippen LogP contribution in [0.1, 0.15) is 19.4 Å². The number of carbonyl (C=O) groups excluding carboxylic acids is 2. The lowest BCUT2D eigenvalue weighted by molar-refractivity contribution is -0.123. The second-order valence-corrected chi connectivity index (χ2v) is 10.8. The van der Waals surface area contributed by atoms with Gasteiger partial charge < -0.3 is 14.8 Å². The predicted molar refractivity (Wildman–Crippen MR) is 150 cm³/mol. The maximum absolute atomic E-state index is 13.4. The number of sulfonamides is 1. The molecule has 0 aromatic heterocycles. The minimum absolute atomic E-state index is 0.0232. The summed E-state index contributed by atoms with van der Waals surface area (Å²) in [5.41, 5.74) is 3.21. The van der Waals surface area contributed by atoms with Crippen LogP contribution < -0.4 is 24.5 Å². The van der Waals surface area contributed by atoms with E-state index in [1.807, 2.05) is 13.8 Å². The van der Waals surface area contributed by atoms with E-state index in [4.69, 9.17) is 21.1 Å². The molecule has 3 aromatic carbocycles. The number of hydrogen-bond donors (Lipinski definition) is 2. The number of amides is 2. The molecule has 0 aliphatic heterocycles. The second-order valence-electron chi connectivity index (χ2n) is 8.54. The first-order chi connectivity index (χ1) is 18.6. The van der Waals surface area contributed by atoms with Gasteiger partial charge in [-0.2, -0.15) is 5.10 Å². The molecule has 0 bridgehead atoms. The number of benzene rings is 3. The van der Waals surface area contributed by atoms with Crippen molar-refractivity contribution in [2.24, 2.45) is 5.10 Å². The van der Waals surface area contributed by atoms with E-state index in [-0.39, 0.29) is 29.1 Å². The Labute approximate surface area is 232 Å². The summed E-state index contributed by atoms with van der Waals surface area (Å²) in [6.45, 7) is 3.07. The molecule has 0 saturated heterocycles. The number of hydrogen-bond acceptors (Lipinski definition) is 7.